The van der Waals surface area contributed by atoms with Crippen molar-refractivity contribution in [3.8, 4) is 0 Å². The first kappa shape index (κ1) is 15.5. The fourth-order valence-electron chi connectivity index (χ4n) is 1.80. The van der Waals surface area contributed by atoms with Gasteiger partial charge >= 0.3 is 0 Å². The SMILES string of the molecule is CC/C=C/CCCCCCCC/C=C/CC. The molecule has 0 rings (SSSR count). The molecule has 0 aromatic heterocycles. The molecule has 0 unspecified atom stereocenters. The molecule has 0 amide bonds. The first-order valence-electron chi connectivity index (χ1n) is 7.21. The van der Waals surface area contributed by atoms with Crippen LogP contribution in [0.4, 0.5) is 0 Å². The van der Waals surface area contributed by atoms with Gasteiger partial charge in [-0.1, -0.05) is 63.8 Å². The molecule has 0 spiro atoms. The fourth-order valence-corrected chi connectivity index (χ4v) is 1.80. The minimum absolute atomic E-state index is 1.19. The van der Waals surface area contributed by atoms with E-state index in [1.807, 2.05) is 0 Å². The highest BCUT2D eigenvalue weighted by atomic mass is 14.0. The second-order valence-electron chi connectivity index (χ2n) is 4.46. The van der Waals surface area contributed by atoms with E-state index in [-0.39, 0.29) is 0 Å². The summed E-state index contributed by atoms with van der Waals surface area (Å²) in [6, 6.07) is 0. The molecule has 0 aliphatic heterocycles. The summed E-state index contributed by atoms with van der Waals surface area (Å²) in [6.45, 7) is 4.40. The summed E-state index contributed by atoms with van der Waals surface area (Å²) in [6.07, 6.45) is 22.6. The summed E-state index contributed by atoms with van der Waals surface area (Å²) in [5, 5.41) is 0. The zero-order chi connectivity index (χ0) is 11.9. The average molecular weight is 222 g/mol. The molecular formula is C16H30. The predicted molar refractivity (Wildman–Crippen MR) is 75.8 cm³/mol. The summed E-state index contributed by atoms with van der Waals surface area (Å²) < 4.78 is 0. The smallest absolute Gasteiger partial charge is 0.0351 e. The Labute approximate surface area is 103 Å². The van der Waals surface area contributed by atoms with E-state index >= 15 is 0 Å². The molecule has 0 heteroatoms. The maximum Gasteiger partial charge on any atom is -0.0351 e. The van der Waals surface area contributed by atoms with E-state index < -0.39 is 0 Å². The molecule has 16 heavy (non-hydrogen) atoms. The van der Waals surface area contributed by atoms with E-state index in [1.165, 1.54) is 64.2 Å². The largest absolute Gasteiger partial charge is 0.0888 e. The second-order valence-corrected chi connectivity index (χ2v) is 4.46. The van der Waals surface area contributed by atoms with E-state index in [0.717, 1.165) is 0 Å². The van der Waals surface area contributed by atoms with Gasteiger partial charge in [0.1, 0.15) is 0 Å². The predicted octanol–water partition coefficient (Wildman–Crippen LogP) is 6.04. The van der Waals surface area contributed by atoms with Gasteiger partial charge in [-0.3, -0.25) is 0 Å². The van der Waals surface area contributed by atoms with Crippen molar-refractivity contribution in [3.05, 3.63) is 24.3 Å². The van der Waals surface area contributed by atoms with Gasteiger partial charge in [-0.05, 0) is 38.5 Å². The summed E-state index contributed by atoms with van der Waals surface area (Å²) in [5.74, 6) is 0. The monoisotopic (exact) mass is 222 g/mol. The van der Waals surface area contributed by atoms with Gasteiger partial charge in [-0.2, -0.15) is 0 Å². The molecule has 0 aromatic rings. The van der Waals surface area contributed by atoms with Gasteiger partial charge in [0.25, 0.3) is 0 Å². The second kappa shape index (κ2) is 14.5. The third-order valence-corrected chi connectivity index (χ3v) is 2.80. The minimum Gasteiger partial charge on any atom is -0.0888 e. The Morgan fingerprint density at radius 1 is 0.500 bits per heavy atom. The molecule has 0 radical (unpaired) electrons. The van der Waals surface area contributed by atoms with Crippen molar-refractivity contribution in [2.75, 3.05) is 0 Å². The number of rotatable bonds is 11. The van der Waals surface area contributed by atoms with Gasteiger partial charge in [-0.25, -0.2) is 0 Å². The lowest BCUT2D eigenvalue weighted by Crippen LogP contribution is -1.79. The van der Waals surface area contributed by atoms with Crippen LogP contribution in [0.15, 0.2) is 24.3 Å². The summed E-state index contributed by atoms with van der Waals surface area (Å²) in [5.41, 5.74) is 0. The van der Waals surface area contributed by atoms with Crippen LogP contribution >= 0.6 is 0 Å². The molecule has 0 aliphatic rings. The molecule has 0 bridgehead atoms. The Morgan fingerprint density at radius 2 is 0.875 bits per heavy atom. The van der Waals surface area contributed by atoms with Gasteiger partial charge in [0.15, 0.2) is 0 Å². The highest BCUT2D eigenvalue weighted by molar-refractivity contribution is 4.80. The maximum absolute atomic E-state index is 2.33. The van der Waals surface area contributed by atoms with Gasteiger partial charge in [0.2, 0.25) is 0 Å². The van der Waals surface area contributed by atoms with Crippen molar-refractivity contribution in [1.82, 2.24) is 0 Å². The molecule has 0 aliphatic carbocycles. The van der Waals surface area contributed by atoms with E-state index in [4.69, 9.17) is 0 Å². The van der Waals surface area contributed by atoms with Crippen molar-refractivity contribution in [2.24, 2.45) is 0 Å². The van der Waals surface area contributed by atoms with Crippen molar-refractivity contribution in [2.45, 2.75) is 78.1 Å². The lowest BCUT2D eigenvalue weighted by atomic mass is 10.1. The Kier molecular flexibility index (Phi) is 14.0. The Balaban J connectivity index is 2.98. The van der Waals surface area contributed by atoms with Crippen LogP contribution in [-0.4, -0.2) is 0 Å². The minimum atomic E-state index is 1.19. The van der Waals surface area contributed by atoms with Gasteiger partial charge in [0.05, 0.1) is 0 Å². The van der Waals surface area contributed by atoms with E-state index in [9.17, 15) is 0 Å². The molecule has 0 fully saturated rings. The molecule has 0 nitrogen and oxygen atoms in total. The number of hydrogen-bond acceptors (Lipinski definition) is 0. The van der Waals surface area contributed by atoms with Crippen molar-refractivity contribution in [3.63, 3.8) is 0 Å². The molecule has 0 aromatic carbocycles. The van der Waals surface area contributed by atoms with Crippen LogP contribution in [0.1, 0.15) is 78.1 Å². The fraction of sp³-hybridized carbons (Fsp3) is 0.750. The van der Waals surface area contributed by atoms with Crippen LogP contribution in [0.2, 0.25) is 0 Å². The van der Waals surface area contributed by atoms with E-state index in [0.29, 0.717) is 0 Å². The van der Waals surface area contributed by atoms with Crippen LogP contribution in [0.5, 0.6) is 0 Å². The van der Waals surface area contributed by atoms with Crippen LogP contribution in [0.3, 0.4) is 0 Å². The van der Waals surface area contributed by atoms with Crippen LogP contribution < -0.4 is 0 Å². The third kappa shape index (κ3) is 13.5. The molecular weight excluding hydrogens is 192 g/mol. The molecule has 0 saturated heterocycles. The molecule has 0 atom stereocenters. The zero-order valence-corrected chi connectivity index (χ0v) is 11.4. The van der Waals surface area contributed by atoms with Gasteiger partial charge < -0.3 is 0 Å². The quantitative estimate of drug-likeness (QED) is 0.295. The standard InChI is InChI=1S/C16H30/c1-3-5-7-9-11-13-15-16-14-12-10-8-6-4-2/h5-8H,3-4,9-16H2,1-2H3/b7-5+,8-6+. The summed E-state index contributed by atoms with van der Waals surface area (Å²) in [7, 11) is 0. The first-order valence-corrected chi connectivity index (χ1v) is 7.21. The van der Waals surface area contributed by atoms with Gasteiger partial charge in [0, 0.05) is 0 Å². The van der Waals surface area contributed by atoms with E-state index in [1.54, 1.807) is 0 Å². The number of hydrogen-bond donors (Lipinski definition) is 0. The Hall–Kier alpha value is -0.520. The van der Waals surface area contributed by atoms with Crippen LogP contribution in [-0.2, 0) is 0 Å². The van der Waals surface area contributed by atoms with Crippen LogP contribution in [0.25, 0.3) is 0 Å². The topological polar surface area (TPSA) is 0 Å². The van der Waals surface area contributed by atoms with Crippen molar-refractivity contribution < 1.29 is 0 Å². The zero-order valence-electron chi connectivity index (χ0n) is 11.4. The molecule has 0 N–H and O–H groups in total. The number of allylic oxidation sites excluding steroid dienone is 4. The molecule has 94 valence electrons. The summed E-state index contributed by atoms with van der Waals surface area (Å²) in [4.78, 5) is 0. The normalized spacial score (nSPS) is 11.9. The Bertz CT molecular complexity index is 145. The highest BCUT2D eigenvalue weighted by Gasteiger charge is 1.89. The lowest BCUT2D eigenvalue weighted by Gasteiger charge is -1.99. The average Bonchev–Trinajstić information content (AvgIpc) is 2.31. The summed E-state index contributed by atoms with van der Waals surface area (Å²) >= 11 is 0. The van der Waals surface area contributed by atoms with Crippen molar-refractivity contribution in [1.29, 1.82) is 0 Å². The van der Waals surface area contributed by atoms with E-state index in [2.05, 4.69) is 38.2 Å². The number of unbranched alkanes of at least 4 members (excludes halogenated alkanes) is 7. The lowest BCUT2D eigenvalue weighted by molar-refractivity contribution is 0.599. The first-order chi connectivity index (χ1) is 7.91. The molecule has 0 saturated carbocycles. The van der Waals surface area contributed by atoms with Crippen LogP contribution in [0, 0.1) is 0 Å². The maximum atomic E-state index is 2.33. The highest BCUT2D eigenvalue weighted by Crippen LogP contribution is 2.09. The third-order valence-electron chi connectivity index (χ3n) is 2.80. The Morgan fingerprint density at radius 3 is 1.25 bits per heavy atom. The molecule has 0 heterocycles. The van der Waals surface area contributed by atoms with Gasteiger partial charge in [-0.15, -0.1) is 0 Å². The van der Waals surface area contributed by atoms with Crippen molar-refractivity contribution >= 4 is 0 Å².